The van der Waals surface area contributed by atoms with Gasteiger partial charge in [-0.15, -0.1) is 6.42 Å². The van der Waals surface area contributed by atoms with Crippen LogP contribution in [0.5, 0.6) is 23.0 Å². The third-order valence-electron chi connectivity index (χ3n) is 5.74. The fraction of sp³-hybridized carbons (Fsp3) is 0.345. The number of rotatable bonds is 14. The molecule has 2 atom stereocenters. The number of halogens is 1. The number of benzene rings is 2. The monoisotopic (exact) mass is 644 g/mol. The van der Waals surface area contributed by atoms with Crippen LogP contribution in [0, 0.1) is 12.3 Å². The van der Waals surface area contributed by atoms with E-state index in [2.05, 4.69) is 43.0 Å². The maximum Gasteiger partial charge on any atom is 0.337 e. The summed E-state index contributed by atoms with van der Waals surface area (Å²) in [6.07, 6.45) is 5.63. The number of hydrazone groups is 1. The van der Waals surface area contributed by atoms with Gasteiger partial charge in [-0.05, 0) is 72.1 Å². The Balaban J connectivity index is 1.69. The molecule has 3 rings (SSSR count). The lowest BCUT2D eigenvalue weighted by Gasteiger charge is -2.28. The highest BCUT2D eigenvalue weighted by Crippen LogP contribution is 2.37. The van der Waals surface area contributed by atoms with Gasteiger partial charge in [-0.3, -0.25) is 5.43 Å². The van der Waals surface area contributed by atoms with Crippen molar-refractivity contribution in [3.05, 3.63) is 57.2 Å². The van der Waals surface area contributed by atoms with Crippen molar-refractivity contribution in [1.82, 2.24) is 16.1 Å². The third-order valence-corrected chi connectivity index (χ3v) is 6.33. The Hall–Kier alpha value is -4.41. The summed E-state index contributed by atoms with van der Waals surface area (Å²) in [6.45, 7) is 5.96. The van der Waals surface area contributed by atoms with Crippen molar-refractivity contribution < 1.29 is 38.4 Å². The Morgan fingerprint density at radius 3 is 2.60 bits per heavy atom. The van der Waals surface area contributed by atoms with Crippen LogP contribution >= 0.6 is 15.9 Å². The first-order valence-electron chi connectivity index (χ1n) is 13.0. The molecule has 0 bridgehead atoms. The van der Waals surface area contributed by atoms with Gasteiger partial charge in [-0.25, -0.2) is 9.59 Å². The molecule has 2 aromatic rings. The quantitative estimate of drug-likeness (QED) is 0.0798. The topological polar surface area (TPSA) is 149 Å². The van der Waals surface area contributed by atoms with Crippen molar-refractivity contribution in [2.75, 3.05) is 33.5 Å². The number of ether oxygens (including phenoxy) is 5. The van der Waals surface area contributed by atoms with Crippen molar-refractivity contribution in [2.45, 2.75) is 33.0 Å². The number of carbonyl (C=O) groups excluding carboxylic acids is 2. The summed E-state index contributed by atoms with van der Waals surface area (Å²) in [5, 5.41) is 19.8. The number of urea groups is 1. The summed E-state index contributed by atoms with van der Waals surface area (Å²) < 4.78 is 28.3. The molecular formula is C29H33BrN4O8. The van der Waals surface area contributed by atoms with Crippen LogP contribution in [0.3, 0.4) is 0 Å². The normalized spacial score (nSPS) is 15.3. The van der Waals surface area contributed by atoms with Crippen LogP contribution in [0.25, 0.3) is 0 Å². The number of nitrogens with zero attached hydrogens (tertiary/aromatic N) is 1. The van der Waals surface area contributed by atoms with Gasteiger partial charge in [0.1, 0.15) is 13.2 Å². The smallest absolute Gasteiger partial charge is 0.337 e. The first-order chi connectivity index (χ1) is 20.2. The number of aliphatic hydroxyl groups excluding tert-OH is 1. The molecule has 13 heteroatoms. The Morgan fingerprint density at radius 2 is 1.90 bits per heavy atom. The van der Waals surface area contributed by atoms with Crippen LogP contribution in [-0.4, -0.2) is 63.1 Å². The van der Waals surface area contributed by atoms with E-state index < -0.39 is 24.3 Å². The van der Waals surface area contributed by atoms with Gasteiger partial charge in [0.05, 0.1) is 42.6 Å². The lowest BCUT2D eigenvalue weighted by atomic mass is 9.95. The molecule has 0 saturated carbocycles. The van der Waals surface area contributed by atoms with Gasteiger partial charge in [-0.1, -0.05) is 12.0 Å². The molecule has 0 spiro atoms. The SMILES string of the molecule is C#CCOc1c(Br)cc(/C=N\N[C@H](O)COc2ccc([C@H]3NC(=O)NC(C)=C3C(=O)OC)cc2OCC)cc1OCC. The molecule has 1 aliphatic rings. The van der Waals surface area contributed by atoms with E-state index in [0.717, 1.165) is 0 Å². The highest BCUT2D eigenvalue weighted by molar-refractivity contribution is 9.10. The molecule has 0 saturated heterocycles. The molecule has 0 aromatic heterocycles. The Kier molecular flexibility index (Phi) is 11.9. The maximum atomic E-state index is 12.4. The number of nitrogens with one attached hydrogen (secondary N) is 3. The van der Waals surface area contributed by atoms with Crippen molar-refractivity contribution >= 4 is 34.1 Å². The molecule has 1 heterocycles. The number of terminal acetylenes is 1. The Morgan fingerprint density at radius 1 is 1.17 bits per heavy atom. The van der Waals surface area contributed by atoms with Gasteiger partial charge in [0.2, 0.25) is 0 Å². The first kappa shape index (κ1) is 32.1. The van der Waals surface area contributed by atoms with Gasteiger partial charge >= 0.3 is 12.0 Å². The third kappa shape index (κ3) is 8.31. The lowest BCUT2D eigenvalue weighted by Crippen LogP contribution is -2.45. The number of esters is 1. The van der Waals surface area contributed by atoms with Gasteiger partial charge in [0.15, 0.2) is 29.2 Å². The lowest BCUT2D eigenvalue weighted by molar-refractivity contribution is -0.136. The van der Waals surface area contributed by atoms with E-state index in [1.807, 2.05) is 6.92 Å². The zero-order valence-electron chi connectivity index (χ0n) is 23.7. The van der Waals surface area contributed by atoms with Crippen LogP contribution in [-0.2, 0) is 9.53 Å². The highest BCUT2D eigenvalue weighted by atomic mass is 79.9. The number of methoxy groups -OCH3 is 1. The van der Waals surface area contributed by atoms with Gasteiger partial charge in [-0.2, -0.15) is 5.10 Å². The van der Waals surface area contributed by atoms with Crippen LogP contribution in [0.15, 0.2) is 51.2 Å². The van der Waals surface area contributed by atoms with E-state index in [0.29, 0.717) is 57.5 Å². The van der Waals surface area contributed by atoms with E-state index in [1.165, 1.54) is 13.3 Å². The predicted molar refractivity (Wildman–Crippen MR) is 159 cm³/mol. The molecule has 0 unspecified atom stereocenters. The zero-order valence-corrected chi connectivity index (χ0v) is 25.2. The fourth-order valence-corrected chi connectivity index (χ4v) is 4.57. The first-order valence-corrected chi connectivity index (χ1v) is 13.8. The van der Waals surface area contributed by atoms with Gasteiger partial charge in [0, 0.05) is 5.70 Å². The minimum absolute atomic E-state index is 0.0907. The predicted octanol–water partition coefficient (Wildman–Crippen LogP) is 3.38. The van der Waals surface area contributed by atoms with E-state index in [9.17, 15) is 14.7 Å². The average molecular weight is 646 g/mol. The fourth-order valence-electron chi connectivity index (χ4n) is 4.00. The molecule has 0 fully saturated rings. The Labute approximate surface area is 252 Å². The van der Waals surface area contributed by atoms with Crippen molar-refractivity contribution in [3.63, 3.8) is 0 Å². The van der Waals surface area contributed by atoms with E-state index in [-0.39, 0.29) is 18.8 Å². The minimum atomic E-state index is -1.16. The summed E-state index contributed by atoms with van der Waals surface area (Å²) in [5.41, 5.74) is 4.51. The largest absolute Gasteiger partial charge is 0.490 e. The molecule has 12 nitrogen and oxygen atoms in total. The summed E-state index contributed by atoms with van der Waals surface area (Å²) in [4.78, 5) is 24.6. The van der Waals surface area contributed by atoms with Crippen LogP contribution < -0.4 is 35.0 Å². The second-order valence-electron chi connectivity index (χ2n) is 8.67. The molecule has 2 aromatic carbocycles. The van der Waals surface area contributed by atoms with Gasteiger partial charge in [0.25, 0.3) is 0 Å². The summed E-state index contributed by atoms with van der Waals surface area (Å²) in [5.74, 6) is 3.53. The van der Waals surface area contributed by atoms with Crippen molar-refractivity contribution in [3.8, 4) is 35.3 Å². The zero-order chi connectivity index (χ0) is 30.6. The van der Waals surface area contributed by atoms with Crippen LogP contribution in [0.1, 0.15) is 37.9 Å². The molecule has 0 radical (unpaired) electrons. The van der Waals surface area contributed by atoms with Crippen molar-refractivity contribution in [1.29, 1.82) is 0 Å². The standard InChI is InChI=1S/C29H33BrN4O8/c1-6-11-41-27-20(30)12-18(13-23(27)40-8-3)15-31-34-24(35)16-42-21-10-9-19(14-22(21)39-7-2)26-25(28(36)38-5)17(4)32-29(37)33-26/h1,9-10,12-15,24,26,34-35H,7-8,11,16H2,2-5H3,(H2,32,33,37)/b31-15-/t24-,26-/m1/s1. The number of aliphatic hydroxyl groups is 1. The van der Waals surface area contributed by atoms with Crippen LogP contribution in [0.4, 0.5) is 4.79 Å². The number of hydrogen-bond acceptors (Lipinski definition) is 10. The van der Waals surface area contributed by atoms with E-state index in [1.54, 1.807) is 44.2 Å². The van der Waals surface area contributed by atoms with Crippen LogP contribution in [0.2, 0.25) is 0 Å². The molecular weight excluding hydrogens is 612 g/mol. The number of hydrogen-bond donors (Lipinski definition) is 4. The number of amides is 2. The maximum absolute atomic E-state index is 12.4. The highest BCUT2D eigenvalue weighted by Gasteiger charge is 2.32. The van der Waals surface area contributed by atoms with E-state index >= 15 is 0 Å². The summed E-state index contributed by atoms with van der Waals surface area (Å²) >= 11 is 3.45. The summed E-state index contributed by atoms with van der Waals surface area (Å²) in [7, 11) is 1.27. The second-order valence-corrected chi connectivity index (χ2v) is 9.53. The molecule has 224 valence electrons. The summed E-state index contributed by atoms with van der Waals surface area (Å²) in [6, 6.07) is 7.27. The number of carbonyl (C=O) groups is 2. The Bertz CT molecular complexity index is 1390. The molecule has 4 N–H and O–H groups in total. The number of allylic oxidation sites excluding steroid dienone is 1. The van der Waals surface area contributed by atoms with E-state index in [4.69, 9.17) is 30.1 Å². The minimum Gasteiger partial charge on any atom is -0.490 e. The van der Waals surface area contributed by atoms with Gasteiger partial charge < -0.3 is 39.4 Å². The molecule has 42 heavy (non-hydrogen) atoms. The second kappa shape index (κ2) is 15.6. The average Bonchev–Trinajstić information content (AvgIpc) is 2.95. The van der Waals surface area contributed by atoms with Crippen molar-refractivity contribution in [2.24, 2.45) is 5.10 Å². The molecule has 2 amide bonds. The molecule has 0 aliphatic carbocycles. The molecule has 1 aliphatic heterocycles.